The van der Waals surface area contributed by atoms with E-state index in [-0.39, 0.29) is 22.4 Å². The quantitative estimate of drug-likeness (QED) is 0.450. The monoisotopic (exact) mass is 427 g/mol. The molecule has 146 valence electrons. The van der Waals surface area contributed by atoms with Crippen LogP contribution in [0.2, 0.25) is 10.0 Å². The topological polar surface area (TPSA) is 66.1 Å². The van der Waals surface area contributed by atoms with Gasteiger partial charge in [-0.1, -0.05) is 35.3 Å². The van der Waals surface area contributed by atoms with Crippen molar-refractivity contribution in [2.45, 2.75) is 6.92 Å². The molecule has 2 aromatic rings. The number of carbonyl (C=O) groups is 1. The van der Waals surface area contributed by atoms with E-state index >= 15 is 0 Å². The standard InChI is InChI=1S/C21H15Cl2N3O3/c1-12-4-3-5-14(8-12)26-20(27)15-10-25(18-7-6-13(22)9-17(18)23)11-16(19(15)24-26)21(28)29-2/h3-11H,1-2H3. The molecule has 0 saturated heterocycles. The van der Waals surface area contributed by atoms with E-state index in [0.717, 1.165) is 5.56 Å². The summed E-state index contributed by atoms with van der Waals surface area (Å²) in [6, 6.07) is 12.3. The summed E-state index contributed by atoms with van der Waals surface area (Å²) < 4.78 is 7.77. The van der Waals surface area contributed by atoms with Gasteiger partial charge in [0.2, 0.25) is 0 Å². The van der Waals surface area contributed by atoms with Crippen LogP contribution < -0.4 is 5.56 Å². The number of aryl methyl sites for hydroxylation is 1. The number of methoxy groups -OCH3 is 1. The summed E-state index contributed by atoms with van der Waals surface area (Å²) in [6.45, 7) is 1.92. The van der Waals surface area contributed by atoms with E-state index in [1.165, 1.54) is 18.0 Å². The van der Waals surface area contributed by atoms with Crippen molar-refractivity contribution < 1.29 is 9.53 Å². The summed E-state index contributed by atoms with van der Waals surface area (Å²) in [5.41, 5.74) is 2.47. The molecule has 29 heavy (non-hydrogen) atoms. The van der Waals surface area contributed by atoms with Crippen molar-refractivity contribution in [1.82, 2.24) is 14.3 Å². The third-order valence-electron chi connectivity index (χ3n) is 4.51. The fourth-order valence-corrected chi connectivity index (χ4v) is 3.64. The van der Waals surface area contributed by atoms with Crippen molar-refractivity contribution in [3.05, 3.63) is 86.4 Å². The van der Waals surface area contributed by atoms with E-state index in [4.69, 9.17) is 27.9 Å². The summed E-state index contributed by atoms with van der Waals surface area (Å²) in [6.07, 6.45) is 3.13. The predicted octanol–water partition coefficient (Wildman–Crippen LogP) is 4.53. The molecule has 2 heterocycles. The molecule has 0 unspecified atom stereocenters. The minimum absolute atomic E-state index is 0.152. The van der Waals surface area contributed by atoms with Crippen LogP contribution in [0.25, 0.3) is 22.6 Å². The van der Waals surface area contributed by atoms with Crippen LogP contribution in [0.5, 0.6) is 0 Å². The van der Waals surface area contributed by atoms with E-state index in [2.05, 4.69) is 5.10 Å². The molecule has 4 rings (SSSR count). The van der Waals surface area contributed by atoms with Crippen molar-refractivity contribution in [2.75, 3.05) is 7.11 Å². The molecule has 0 atom stereocenters. The average molecular weight is 428 g/mol. The number of rotatable bonds is 3. The Bertz CT molecular complexity index is 1280. The smallest absolute Gasteiger partial charge is 0.341 e. The lowest BCUT2D eigenvalue weighted by atomic mass is 10.1. The summed E-state index contributed by atoms with van der Waals surface area (Å²) in [4.78, 5) is 25.5. The third kappa shape index (κ3) is 3.41. The highest BCUT2D eigenvalue weighted by atomic mass is 35.5. The fraction of sp³-hybridized carbons (Fsp3) is 0.0952. The zero-order valence-corrected chi connectivity index (χ0v) is 17.0. The Kier molecular flexibility index (Phi) is 4.90. The lowest BCUT2D eigenvalue weighted by molar-refractivity contribution is 0.0600. The first-order valence-corrected chi connectivity index (χ1v) is 9.40. The molecular weight excluding hydrogens is 413 g/mol. The number of halogens is 2. The van der Waals surface area contributed by atoms with Gasteiger partial charge in [0.1, 0.15) is 11.3 Å². The zero-order chi connectivity index (χ0) is 20.7. The lowest BCUT2D eigenvalue weighted by Gasteiger charge is -2.13. The number of pyridine rings is 1. The fourth-order valence-electron chi connectivity index (χ4n) is 3.13. The highest BCUT2D eigenvalue weighted by molar-refractivity contribution is 6.35. The van der Waals surface area contributed by atoms with Gasteiger partial charge in [-0.25, -0.2) is 4.79 Å². The number of nitrogens with zero attached hydrogens (tertiary/aromatic N) is 3. The summed E-state index contributed by atoms with van der Waals surface area (Å²) in [7, 11) is 1.27. The number of carbonyl (C=O) groups excluding carboxylic acids is 1. The first-order chi connectivity index (χ1) is 13.9. The predicted molar refractivity (Wildman–Crippen MR) is 112 cm³/mol. The molecule has 2 aromatic carbocycles. The Balaban J connectivity index is 2.01. The molecule has 0 fully saturated rings. The SMILES string of the molecule is COC(=O)c1cn(-c2ccc(Cl)cc2Cl)cc2c(=O)n(-c3cccc(C)c3)nc1-2. The van der Waals surface area contributed by atoms with E-state index in [1.54, 1.807) is 35.0 Å². The third-order valence-corrected chi connectivity index (χ3v) is 5.05. The molecule has 6 nitrogen and oxygen atoms in total. The molecule has 8 heteroatoms. The van der Waals surface area contributed by atoms with Gasteiger partial charge in [-0.15, -0.1) is 0 Å². The van der Waals surface area contributed by atoms with Crippen LogP contribution in [0.4, 0.5) is 0 Å². The minimum Gasteiger partial charge on any atom is -0.465 e. The van der Waals surface area contributed by atoms with Crippen LogP contribution in [0, 0.1) is 6.92 Å². The molecule has 0 amide bonds. The van der Waals surface area contributed by atoms with Gasteiger partial charge in [0.05, 0.1) is 29.1 Å². The summed E-state index contributed by atoms with van der Waals surface area (Å²) >= 11 is 12.3. The van der Waals surface area contributed by atoms with Crippen LogP contribution in [0.3, 0.4) is 0 Å². The number of aromatic nitrogens is 3. The van der Waals surface area contributed by atoms with Crippen LogP contribution in [0.15, 0.2) is 59.7 Å². The van der Waals surface area contributed by atoms with Crippen LogP contribution in [-0.2, 0) is 4.74 Å². The number of hydrogen-bond acceptors (Lipinski definition) is 4. The second-order valence-electron chi connectivity index (χ2n) is 6.48. The molecule has 2 aliphatic heterocycles. The molecule has 0 spiro atoms. The maximum atomic E-state index is 13.1. The van der Waals surface area contributed by atoms with Crippen molar-refractivity contribution in [1.29, 1.82) is 0 Å². The van der Waals surface area contributed by atoms with E-state index < -0.39 is 5.97 Å². The maximum absolute atomic E-state index is 13.1. The molecule has 0 bridgehead atoms. The van der Waals surface area contributed by atoms with E-state index in [0.29, 0.717) is 21.4 Å². The Labute approximate surface area is 176 Å². The van der Waals surface area contributed by atoms with Gasteiger partial charge >= 0.3 is 5.97 Å². The van der Waals surface area contributed by atoms with E-state index in [1.807, 2.05) is 25.1 Å². The summed E-state index contributed by atoms with van der Waals surface area (Å²) in [5, 5.41) is 5.25. The van der Waals surface area contributed by atoms with Crippen molar-refractivity contribution in [3.63, 3.8) is 0 Å². The maximum Gasteiger partial charge on any atom is 0.341 e. The Morgan fingerprint density at radius 2 is 1.90 bits per heavy atom. The molecule has 0 aromatic heterocycles. The molecular formula is C21H15Cl2N3O3. The highest BCUT2D eigenvalue weighted by Gasteiger charge is 2.25. The van der Waals surface area contributed by atoms with Crippen LogP contribution in [0.1, 0.15) is 15.9 Å². The molecule has 2 aliphatic rings. The largest absolute Gasteiger partial charge is 0.465 e. The summed E-state index contributed by atoms with van der Waals surface area (Å²) in [5.74, 6) is -0.608. The van der Waals surface area contributed by atoms with Crippen molar-refractivity contribution in [3.8, 4) is 22.6 Å². The second kappa shape index (κ2) is 7.39. The number of benzene rings is 2. The lowest BCUT2D eigenvalue weighted by Crippen LogP contribution is -2.15. The van der Waals surface area contributed by atoms with Crippen LogP contribution in [-0.4, -0.2) is 27.4 Å². The van der Waals surface area contributed by atoms with Gasteiger partial charge in [-0.3, -0.25) is 4.79 Å². The molecule has 0 aliphatic carbocycles. The second-order valence-corrected chi connectivity index (χ2v) is 7.33. The zero-order valence-electron chi connectivity index (χ0n) is 15.5. The highest BCUT2D eigenvalue weighted by Crippen LogP contribution is 2.29. The van der Waals surface area contributed by atoms with Gasteiger partial charge in [-0.05, 0) is 42.8 Å². The van der Waals surface area contributed by atoms with Gasteiger partial charge in [-0.2, -0.15) is 9.78 Å². The molecule has 0 N–H and O–H groups in total. The van der Waals surface area contributed by atoms with Gasteiger partial charge in [0.25, 0.3) is 5.56 Å². The van der Waals surface area contributed by atoms with E-state index in [9.17, 15) is 9.59 Å². The number of fused-ring (bicyclic) bond motifs is 1. The van der Waals surface area contributed by atoms with Crippen molar-refractivity contribution >= 4 is 29.2 Å². The van der Waals surface area contributed by atoms with Crippen molar-refractivity contribution in [2.24, 2.45) is 0 Å². The number of hydrogen-bond donors (Lipinski definition) is 0. The average Bonchev–Trinajstić information content (AvgIpc) is 3.03. The minimum atomic E-state index is -0.608. The van der Waals surface area contributed by atoms with Gasteiger partial charge in [0.15, 0.2) is 0 Å². The first kappa shape index (κ1) is 19.2. The molecule has 0 saturated carbocycles. The first-order valence-electron chi connectivity index (χ1n) is 8.65. The normalized spacial score (nSPS) is 11.0. The molecule has 0 radical (unpaired) electrons. The number of ether oxygens (including phenoxy) is 1. The Morgan fingerprint density at radius 1 is 1.10 bits per heavy atom. The Hall–Kier alpha value is -3.09. The van der Waals surface area contributed by atoms with Crippen LogP contribution >= 0.6 is 23.2 Å². The van der Waals surface area contributed by atoms with Gasteiger partial charge in [0, 0.05) is 17.4 Å². The Morgan fingerprint density at radius 3 is 2.59 bits per heavy atom. The van der Waals surface area contributed by atoms with Gasteiger partial charge < -0.3 is 9.30 Å². The number of esters is 1.